The van der Waals surface area contributed by atoms with Crippen LogP contribution in [0.2, 0.25) is 0 Å². The molecule has 0 spiro atoms. The second-order valence-corrected chi connectivity index (χ2v) is 5.08. The molecule has 0 aliphatic carbocycles. The van der Waals surface area contributed by atoms with Gasteiger partial charge in [-0.1, -0.05) is 36.4 Å². The molecule has 0 bridgehead atoms. The third-order valence-corrected chi connectivity index (χ3v) is 3.38. The highest BCUT2D eigenvalue weighted by molar-refractivity contribution is 5.96. The first-order valence-electron chi connectivity index (χ1n) is 7.30. The standard InChI is InChI=1S/C18H16N2O3/c21-17(12-20-18(22)13-6-2-1-3-7-13)19-11-15-10-14-8-4-5-9-16(14)23-15/h1-10H,11-12H2,(H,19,21)(H,20,22). The SMILES string of the molecule is O=C(CNC(=O)c1ccccc1)NCc1cc2ccccc2o1. The van der Waals surface area contributed by atoms with Gasteiger partial charge in [0.25, 0.3) is 5.91 Å². The number of benzene rings is 2. The minimum absolute atomic E-state index is 0.0754. The molecule has 0 saturated heterocycles. The third kappa shape index (κ3) is 3.77. The van der Waals surface area contributed by atoms with Crippen LogP contribution in [0.5, 0.6) is 0 Å². The lowest BCUT2D eigenvalue weighted by atomic mass is 10.2. The number of furan rings is 1. The van der Waals surface area contributed by atoms with Crippen LogP contribution in [0.1, 0.15) is 16.1 Å². The Morgan fingerprint density at radius 1 is 0.913 bits per heavy atom. The van der Waals surface area contributed by atoms with E-state index >= 15 is 0 Å². The Morgan fingerprint density at radius 2 is 1.65 bits per heavy atom. The van der Waals surface area contributed by atoms with E-state index in [1.807, 2.05) is 36.4 Å². The van der Waals surface area contributed by atoms with Crippen molar-refractivity contribution in [2.24, 2.45) is 0 Å². The fourth-order valence-electron chi connectivity index (χ4n) is 2.22. The summed E-state index contributed by atoms with van der Waals surface area (Å²) < 4.78 is 5.61. The molecule has 2 amide bonds. The zero-order valence-electron chi connectivity index (χ0n) is 12.4. The molecule has 2 N–H and O–H groups in total. The lowest BCUT2D eigenvalue weighted by Crippen LogP contribution is -2.36. The summed E-state index contributed by atoms with van der Waals surface area (Å²) >= 11 is 0. The van der Waals surface area contributed by atoms with Crippen molar-refractivity contribution in [1.82, 2.24) is 10.6 Å². The van der Waals surface area contributed by atoms with E-state index in [4.69, 9.17) is 4.42 Å². The second kappa shape index (κ2) is 6.79. The maximum atomic E-state index is 11.8. The highest BCUT2D eigenvalue weighted by atomic mass is 16.3. The van der Waals surface area contributed by atoms with Crippen molar-refractivity contribution in [3.8, 4) is 0 Å². The number of fused-ring (bicyclic) bond motifs is 1. The zero-order chi connectivity index (χ0) is 16.1. The molecular weight excluding hydrogens is 292 g/mol. The molecule has 3 aromatic rings. The van der Waals surface area contributed by atoms with Gasteiger partial charge < -0.3 is 15.1 Å². The van der Waals surface area contributed by atoms with Crippen molar-refractivity contribution < 1.29 is 14.0 Å². The Kier molecular flexibility index (Phi) is 4.38. The van der Waals surface area contributed by atoms with Crippen LogP contribution in [-0.2, 0) is 11.3 Å². The van der Waals surface area contributed by atoms with Gasteiger partial charge in [0.05, 0.1) is 13.1 Å². The molecule has 0 unspecified atom stereocenters. The van der Waals surface area contributed by atoms with Gasteiger partial charge in [-0.15, -0.1) is 0 Å². The third-order valence-electron chi connectivity index (χ3n) is 3.38. The number of hydrogen-bond acceptors (Lipinski definition) is 3. The van der Waals surface area contributed by atoms with Crippen molar-refractivity contribution >= 4 is 22.8 Å². The van der Waals surface area contributed by atoms with Gasteiger partial charge in [0.15, 0.2) is 0 Å². The number of para-hydroxylation sites is 1. The normalized spacial score (nSPS) is 10.4. The Morgan fingerprint density at radius 3 is 2.43 bits per heavy atom. The average molecular weight is 308 g/mol. The maximum absolute atomic E-state index is 11.8. The average Bonchev–Trinajstić information content (AvgIpc) is 3.01. The van der Waals surface area contributed by atoms with Gasteiger partial charge in [-0.25, -0.2) is 0 Å². The molecule has 0 atom stereocenters. The van der Waals surface area contributed by atoms with Gasteiger partial charge >= 0.3 is 0 Å². The van der Waals surface area contributed by atoms with E-state index < -0.39 is 0 Å². The first kappa shape index (κ1) is 14.8. The first-order chi connectivity index (χ1) is 11.2. The minimum atomic E-state index is -0.274. The highest BCUT2D eigenvalue weighted by Crippen LogP contribution is 2.18. The molecule has 0 aliphatic heterocycles. The van der Waals surface area contributed by atoms with Crippen molar-refractivity contribution in [2.45, 2.75) is 6.54 Å². The fourth-order valence-corrected chi connectivity index (χ4v) is 2.22. The van der Waals surface area contributed by atoms with Crippen LogP contribution in [0.15, 0.2) is 65.1 Å². The van der Waals surface area contributed by atoms with Crippen LogP contribution in [0.25, 0.3) is 11.0 Å². The molecule has 5 heteroatoms. The Bertz CT molecular complexity index is 791. The maximum Gasteiger partial charge on any atom is 0.251 e. The number of nitrogens with one attached hydrogen (secondary N) is 2. The van der Waals surface area contributed by atoms with Gasteiger partial charge in [-0.05, 0) is 24.3 Å². The fraction of sp³-hybridized carbons (Fsp3) is 0.111. The first-order valence-corrected chi connectivity index (χ1v) is 7.30. The molecule has 116 valence electrons. The van der Waals surface area contributed by atoms with E-state index in [9.17, 15) is 9.59 Å². The molecule has 0 fully saturated rings. The van der Waals surface area contributed by atoms with Crippen LogP contribution in [0.3, 0.4) is 0 Å². The molecule has 1 heterocycles. The number of carbonyl (C=O) groups excluding carboxylic acids is 2. The van der Waals surface area contributed by atoms with E-state index in [1.165, 1.54) is 0 Å². The summed E-state index contributed by atoms with van der Waals surface area (Å²) in [6.07, 6.45) is 0. The predicted molar refractivity (Wildman–Crippen MR) is 86.8 cm³/mol. The summed E-state index contributed by atoms with van der Waals surface area (Å²) in [7, 11) is 0. The molecule has 1 aromatic heterocycles. The van der Waals surface area contributed by atoms with E-state index in [2.05, 4.69) is 10.6 Å². The monoisotopic (exact) mass is 308 g/mol. The lowest BCUT2D eigenvalue weighted by molar-refractivity contribution is -0.120. The van der Waals surface area contributed by atoms with E-state index in [0.29, 0.717) is 11.3 Å². The number of rotatable bonds is 5. The van der Waals surface area contributed by atoms with Gasteiger partial charge in [0.2, 0.25) is 5.91 Å². The molecule has 3 rings (SSSR count). The van der Waals surface area contributed by atoms with E-state index in [0.717, 1.165) is 11.0 Å². The molecule has 5 nitrogen and oxygen atoms in total. The lowest BCUT2D eigenvalue weighted by Gasteiger charge is -2.05. The molecule has 0 radical (unpaired) electrons. The smallest absolute Gasteiger partial charge is 0.251 e. The van der Waals surface area contributed by atoms with Crippen molar-refractivity contribution in [3.05, 3.63) is 72.0 Å². The van der Waals surface area contributed by atoms with E-state index in [-0.39, 0.29) is 24.9 Å². The zero-order valence-corrected chi connectivity index (χ0v) is 12.4. The van der Waals surface area contributed by atoms with Crippen molar-refractivity contribution in [2.75, 3.05) is 6.54 Å². The largest absolute Gasteiger partial charge is 0.459 e. The molecule has 2 aromatic carbocycles. The molecule has 0 saturated carbocycles. The predicted octanol–water partition coefficient (Wildman–Crippen LogP) is 2.48. The van der Waals surface area contributed by atoms with Crippen LogP contribution in [0.4, 0.5) is 0 Å². The van der Waals surface area contributed by atoms with Crippen LogP contribution in [-0.4, -0.2) is 18.4 Å². The van der Waals surface area contributed by atoms with Gasteiger partial charge in [-0.2, -0.15) is 0 Å². The van der Waals surface area contributed by atoms with Gasteiger partial charge in [-0.3, -0.25) is 9.59 Å². The summed E-state index contributed by atoms with van der Waals surface area (Å²) in [4.78, 5) is 23.6. The van der Waals surface area contributed by atoms with E-state index in [1.54, 1.807) is 24.3 Å². The summed E-state index contributed by atoms with van der Waals surface area (Å²) in [6, 6.07) is 18.3. The number of carbonyl (C=O) groups is 2. The minimum Gasteiger partial charge on any atom is -0.459 e. The van der Waals surface area contributed by atoms with Crippen LogP contribution in [0, 0.1) is 0 Å². The quantitative estimate of drug-likeness (QED) is 0.760. The second-order valence-electron chi connectivity index (χ2n) is 5.08. The number of hydrogen-bond donors (Lipinski definition) is 2. The number of amides is 2. The summed E-state index contributed by atoms with van der Waals surface area (Å²) in [5, 5.41) is 6.29. The summed E-state index contributed by atoms with van der Waals surface area (Å²) in [5.74, 6) is 0.133. The summed E-state index contributed by atoms with van der Waals surface area (Å²) in [5.41, 5.74) is 1.31. The Hall–Kier alpha value is -3.08. The molecular formula is C18H16N2O3. The van der Waals surface area contributed by atoms with Crippen molar-refractivity contribution in [1.29, 1.82) is 0 Å². The molecule has 23 heavy (non-hydrogen) atoms. The Labute approximate surface area is 133 Å². The highest BCUT2D eigenvalue weighted by Gasteiger charge is 2.08. The van der Waals surface area contributed by atoms with Gasteiger partial charge in [0.1, 0.15) is 11.3 Å². The summed E-state index contributed by atoms with van der Waals surface area (Å²) in [6.45, 7) is 0.211. The van der Waals surface area contributed by atoms with Crippen LogP contribution >= 0.6 is 0 Å². The van der Waals surface area contributed by atoms with Crippen LogP contribution < -0.4 is 10.6 Å². The van der Waals surface area contributed by atoms with Gasteiger partial charge in [0, 0.05) is 10.9 Å². The van der Waals surface area contributed by atoms with Crippen molar-refractivity contribution in [3.63, 3.8) is 0 Å². The Balaban J connectivity index is 1.49. The topological polar surface area (TPSA) is 71.3 Å². The molecule has 0 aliphatic rings.